The Balaban J connectivity index is 1.82. The molecule has 0 fully saturated rings. The Morgan fingerprint density at radius 3 is 2.95 bits per heavy atom. The van der Waals surface area contributed by atoms with Crippen LogP contribution in [0, 0.1) is 12.8 Å². The van der Waals surface area contributed by atoms with Crippen LogP contribution in [-0.2, 0) is 13.0 Å². The van der Waals surface area contributed by atoms with E-state index in [1.54, 1.807) is 0 Å². The average Bonchev–Trinajstić information content (AvgIpc) is 2.94. The molecule has 1 heterocycles. The molecule has 1 aromatic heterocycles. The smallest absolute Gasteiger partial charge is 0.203 e. The van der Waals surface area contributed by atoms with Crippen molar-refractivity contribution in [3.8, 4) is 0 Å². The number of benzene rings is 1. The first kappa shape index (κ1) is 13.2. The average molecular weight is 269 g/mol. The molecule has 20 heavy (non-hydrogen) atoms. The van der Waals surface area contributed by atoms with E-state index in [0.717, 1.165) is 31.0 Å². The first-order valence-corrected chi connectivity index (χ1v) is 7.51. The van der Waals surface area contributed by atoms with Crippen LogP contribution in [0.2, 0.25) is 0 Å². The summed E-state index contributed by atoms with van der Waals surface area (Å²) in [6, 6.07) is 9.14. The summed E-state index contributed by atoms with van der Waals surface area (Å²) in [7, 11) is 0. The molecule has 0 saturated heterocycles. The summed E-state index contributed by atoms with van der Waals surface area (Å²) in [6.07, 6.45) is 4.47. The van der Waals surface area contributed by atoms with E-state index in [1.165, 1.54) is 11.1 Å². The molecule has 1 N–H and O–H groups in total. The number of imidazole rings is 1. The maximum Gasteiger partial charge on any atom is 0.203 e. The molecular weight excluding hydrogens is 246 g/mol. The fourth-order valence-electron chi connectivity index (χ4n) is 3.06. The Hall–Kier alpha value is -1.77. The van der Waals surface area contributed by atoms with Crippen LogP contribution >= 0.6 is 0 Å². The predicted octanol–water partition coefficient (Wildman–Crippen LogP) is 3.95. The van der Waals surface area contributed by atoms with Crippen molar-refractivity contribution in [1.29, 1.82) is 0 Å². The van der Waals surface area contributed by atoms with E-state index in [-0.39, 0.29) is 0 Å². The summed E-state index contributed by atoms with van der Waals surface area (Å²) in [5.41, 5.74) is 3.99. The second kappa shape index (κ2) is 5.31. The van der Waals surface area contributed by atoms with E-state index in [4.69, 9.17) is 0 Å². The third kappa shape index (κ3) is 2.58. The topological polar surface area (TPSA) is 29.9 Å². The van der Waals surface area contributed by atoms with E-state index in [2.05, 4.69) is 66.1 Å². The lowest BCUT2D eigenvalue weighted by atomic mass is 10.1. The Morgan fingerprint density at radius 1 is 1.35 bits per heavy atom. The molecule has 1 aliphatic carbocycles. The van der Waals surface area contributed by atoms with E-state index in [0.29, 0.717) is 12.0 Å². The van der Waals surface area contributed by atoms with Crippen molar-refractivity contribution in [3.63, 3.8) is 0 Å². The van der Waals surface area contributed by atoms with Gasteiger partial charge >= 0.3 is 0 Å². The second-order valence-electron chi connectivity index (χ2n) is 6.19. The van der Waals surface area contributed by atoms with Crippen molar-refractivity contribution in [3.05, 3.63) is 47.3 Å². The van der Waals surface area contributed by atoms with Crippen molar-refractivity contribution in [2.45, 2.75) is 46.2 Å². The third-order valence-electron chi connectivity index (χ3n) is 3.90. The van der Waals surface area contributed by atoms with Gasteiger partial charge in [-0.05, 0) is 36.8 Å². The Morgan fingerprint density at radius 2 is 2.15 bits per heavy atom. The van der Waals surface area contributed by atoms with E-state index in [9.17, 15) is 0 Å². The van der Waals surface area contributed by atoms with Gasteiger partial charge in [-0.2, -0.15) is 0 Å². The number of hydrogen-bond donors (Lipinski definition) is 1. The lowest BCUT2D eigenvalue weighted by Crippen LogP contribution is -2.13. The molecule has 0 spiro atoms. The second-order valence-corrected chi connectivity index (χ2v) is 6.19. The number of nitrogens with one attached hydrogen (secondary N) is 1. The molecule has 3 heteroatoms. The van der Waals surface area contributed by atoms with E-state index >= 15 is 0 Å². The molecule has 2 aromatic rings. The molecule has 1 unspecified atom stereocenters. The van der Waals surface area contributed by atoms with Gasteiger partial charge in [0.25, 0.3) is 0 Å². The molecule has 0 aliphatic heterocycles. The van der Waals surface area contributed by atoms with Crippen LogP contribution in [0.25, 0.3) is 0 Å². The van der Waals surface area contributed by atoms with Gasteiger partial charge in [-0.15, -0.1) is 0 Å². The zero-order chi connectivity index (χ0) is 14.1. The van der Waals surface area contributed by atoms with Crippen LogP contribution in [0.4, 0.5) is 5.95 Å². The minimum atomic E-state index is 0.402. The molecule has 1 atom stereocenters. The minimum Gasteiger partial charge on any atom is -0.349 e. The largest absolute Gasteiger partial charge is 0.349 e. The third-order valence-corrected chi connectivity index (χ3v) is 3.90. The highest BCUT2D eigenvalue weighted by atomic mass is 15.2. The maximum absolute atomic E-state index is 4.65. The standard InChI is InChI=1S/C17H23N3/c1-12(2)10-20-11-13(3)18-17(20)19-16-9-8-14-6-4-5-7-15(14)16/h4-7,11-12,16H,8-10H2,1-3H3,(H,18,19). The van der Waals surface area contributed by atoms with Gasteiger partial charge in [-0.1, -0.05) is 38.1 Å². The number of hydrogen-bond acceptors (Lipinski definition) is 2. The van der Waals surface area contributed by atoms with Crippen molar-refractivity contribution in [1.82, 2.24) is 9.55 Å². The quantitative estimate of drug-likeness (QED) is 0.911. The number of aryl methyl sites for hydroxylation is 2. The summed E-state index contributed by atoms with van der Waals surface area (Å²) >= 11 is 0. The van der Waals surface area contributed by atoms with Crippen LogP contribution in [0.3, 0.4) is 0 Å². The minimum absolute atomic E-state index is 0.402. The zero-order valence-corrected chi connectivity index (χ0v) is 12.6. The Kier molecular flexibility index (Phi) is 3.51. The number of anilines is 1. The molecule has 0 amide bonds. The first-order chi connectivity index (χ1) is 9.63. The highest BCUT2D eigenvalue weighted by molar-refractivity contribution is 5.41. The molecular formula is C17H23N3. The van der Waals surface area contributed by atoms with Crippen molar-refractivity contribution < 1.29 is 0 Å². The van der Waals surface area contributed by atoms with Crippen molar-refractivity contribution in [2.75, 3.05) is 5.32 Å². The monoisotopic (exact) mass is 269 g/mol. The Labute approximate surface area is 121 Å². The fraction of sp³-hybridized carbons (Fsp3) is 0.471. The summed E-state index contributed by atoms with van der Waals surface area (Å²) < 4.78 is 2.25. The SMILES string of the molecule is Cc1cn(CC(C)C)c(NC2CCc3ccccc32)n1. The summed E-state index contributed by atoms with van der Waals surface area (Å²) in [6.45, 7) is 7.55. The van der Waals surface area contributed by atoms with Crippen molar-refractivity contribution >= 4 is 5.95 Å². The van der Waals surface area contributed by atoms with E-state index in [1.807, 2.05) is 0 Å². The first-order valence-electron chi connectivity index (χ1n) is 7.51. The molecule has 0 saturated carbocycles. The molecule has 3 rings (SSSR count). The van der Waals surface area contributed by atoms with Gasteiger partial charge in [0.15, 0.2) is 0 Å². The Bertz CT molecular complexity index is 598. The molecule has 3 nitrogen and oxygen atoms in total. The van der Waals surface area contributed by atoms with Crippen LogP contribution in [0.15, 0.2) is 30.5 Å². The van der Waals surface area contributed by atoms with Gasteiger partial charge in [-0.3, -0.25) is 0 Å². The predicted molar refractivity (Wildman–Crippen MR) is 82.9 cm³/mol. The molecule has 1 aliphatic rings. The lowest BCUT2D eigenvalue weighted by Gasteiger charge is -2.17. The van der Waals surface area contributed by atoms with Crippen LogP contribution < -0.4 is 5.32 Å². The normalized spacial score (nSPS) is 17.5. The lowest BCUT2D eigenvalue weighted by molar-refractivity contribution is 0.523. The van der Waals surface area contributed by atoms with Crippen LogP contribution in [-0.4, -0.2) is 9.55 Å². The fourth-order valence-corrected chi connectivity index (χ4v) is 3.06. The maximum atomic E-state index is 4.65. The summed E-state index contributed by atoms with van der Waals surface area (Å²) in [5.74, 6) is 1.64. The summed E-state index contributed by atoms with van der Waals surface area (Å²) in [5, 5.41) is 3.64. The van der Waals surface area contributed by atoms with Gasteiger partial charge in [0.2, 0.25) is 5.95 Å². The molecule has 0 radical (unpaired) electrons. The van der Waals surface area contributed by atoms with Gasteiger partial charge in [-0.25, -0.2) is 4.98 Å². The van der Waals surface area contributed by atoms with Crippen LogP contribution in [0.1, 0.15) is 43.1 Å². The van der Waals surface area contributed by atoms with Gasteiger partial charge in [0.05, 0.1) is 11.7 Å². The van der Waals surface area contributed by atoms with Gasteiger partial charge in [0, 0.05) is 12.7 Å². The van der Waals surface area contributed by atoms with E-state index < -0.39 is 0 Å². The summed E-state index contributed by atoms with van der Waals surface area (Å²) in [4.78, 5) is 4.65. The van der Waals surface area contributed by atoms with Crippen molar-refractivity contribution in [2.24, 2.45) is 5.92 Å². The number of rotatable bonds is 4. The number of fused-ring (bicyclic) bond motifs is 1. The van der Waals surface area contributed by atoms with Crippen LogP contribution in [0.5, 0.6) is 0 Å². The van der Waals surface area contributed by atoms with Gasteiger partial charge < -0.3 is 9.88 Å². The molecule has 0 bridgehead atoms. The zero-order valence-electron chi connectivity index (χ0n) is 12.6. The molecule has 1 aromatic carbocycles. The highest BCUT2D eigenvalue weighted by Crippen LogP contribution is 2.33. The molecule has 106 valence electrons. The highest BCUT2D eigenvalue weighted by Gasteiger charge is 2.23. The van der Waals surface area contributed by atoms with Gasteiger partial charge in [0.1, 0.15) is 0 Å². The number of aromatic nitrogens is 2. The number of nitrogens with zero attached hydrogens (tertiary/aromatic N) is 2.